The summed E-state index contributed by atoms with van der Waals surface area (Å²) in [6, 6.07) is 11.4. The number of hydrogen-bond donors (Lipinski definition) is 2. The van der Waals surface area contributed by atoms with Gasteiger partial charge in [-0.15, -0.1) is 11.8 Å². The normalized spacial score (nSPS) is 16.5. The van der Waals surface area contributed by atoms with E-state index >= 15 is 0 Å². The molecule has 1 aliphatic rings. The first kappa shape index (κ1) is 26.4. The van der Waals surface area contributed by atoms with Crippen molar-refractivity contribution in [3.05, 3.63) is 59.7 Å². The number of rotatable bonds is 14. The summed E-state index contributed by atoms with van der Waals surface area (Å²) >= 11 is 1.85. The first-order valence-electron chi connectivity index (χ1n) is 12.0. The number of nitrogens with one attached hydrogen (secondary N) is 1. The van der Waals surface area contributed by atoms with Crippen LogP contribution in [0.1, 0.15) is 69.0 Å². The minimum absolute atomic E-state index is 0.149. The number of hydrogen-bond acceptors (Lipinski definition) is 5. The average Bonchev–Trinajstić information content (AvgIpc) is 2.83. The summed E-state index contributed by atoms with van der Waals surface area (Å²) in [6.45, 7) is 1.67. The van der Waals surface area contributed by atoms with Gasteiger partial charge in [0.2, 0.25) is 0 Å². The Hall–Kier alpha value is -1.24. The van der Waals surface area contributed by atoms with Crippen molar-refractivity contribution in [3.63, 3.8) is 0 Å². The third-order valence-corrected chi connectivity index (χ3v) is 7.93. The lowest BCUT2D eigenvalue weighted by molar-refractivity contribution is 0.267. The van der Waals surface area contributed by atoms with Crippen LogP contribution in [0.5, 0.6) is 0 Å². The van der Waals surface area contributed by atoms with E-state index < -0.39 is 8.25 Å². The van der Waals surface area contributed by atoms with Gasteiger partial charge >= 0.3 is 8.25 Å². The predicted molar refractivity (Wildman–Crippen MR) is 133 cm³/mol. The molecule has 2 N–H and O–H groups in total. The highest BCUT2D eigenvalue weighted by Crippen LogP contribution is 2.43. The number of nitrogens with zero attached hydrogens (tertiary/aromatic N) is 1. The van der Waals surface area contributed by atoms with E-state index in [0.717, 1.165) is 11.4 Å². The lowest BCUT2D eigenvalue weighted by Crippen LogP contribution is -2.29. The van der Waals surface area contributed by atoms with Gasteiger partial charge in [0.1, 0.15) is 5.82 Å². The minimum Gasteiger partial charge on any atom is -0.326 e. The van der Waals surface area contributed by atoms with E-state index in [0.29, 0.717) is 19.5 Å². The Balaban J connectivity index is 1.35. The molecule has 1 aliphatic carbocycles. The first-order chi connectivity index (χ1) is 16.1. The molecule has 1 atom stereocenters. The van der Waals surface area contributed by atoms with Gasteiger partial charge in [-0.1, -0.05) is 37.8 Å². The van der Waals surface area contributed by atoms with Gasteiger partial charge in [0.05, 0.1) is 12.3 Å². The van der Waals surface area contributed by atoms with E-state index in [2.05, 4.69) is 20.9 Å². The molecule has 0 aliphatic heterocycles. The van der Waals surface area contributed by atoms with Gasteiger partial charge in [0.25, 0.3) is 0 Å². The second-order valence-corrected chi connectivity index (χ2v) is 10.8. The summed E-state index contributed by atoms with van der Waals surface area (Å²) in [6.07, 6.45) is 12.5. The van der Waals surface area contributed by atoms with Crippen LogP contribution in [0.15, 0.2) is 47.5 Å². The molecule has 0 spiro atoms. The van der Waals surface area contributed by atoms with Gasteiger partial charge in [-0.05, 0) is 79.6 Å². The number of benzene rings is 1. The van der Waals surface area contributed by atoms with Gasteiger partial charge < -0.3 is 14.7 Å². The maximum absolute atomic E-state index is 13.4. The summed E-state index contributed by atoms with van der Waals surface area (Å²) in [7, 11) is -2.82. The quantitative estimate of drug-likeness (QED) is 0.183. The second-order valence-electron chi connectivity index (χ2n) is 8.78. The van der Waals surface area contributed by atoms with Gasteiger partial charge in [-0.25, -0.2) is 4.39 Å². The molecule has 1 aromatic heterocycles. The molecule has 5 nitrogen and oxygen atoms in total. The van der Waals surface area contributed by atoms with Crippen molar-refractivity contribution in [2.75, 3.05) is 18.9 Å². The molecule has 1 fully saturated rings. The van der Waals surface area contributed by atoms with Crippen molar-refractivity contribution < 1.29 is 18.4 Å². The molecule has 1 aromatic carbocycles. The zero-order valence-corrected chi connectivity index (χ0v) is 21.0. The Morgan fingerprint density at radius 1 is 1.09 bits per heavy atom. The van der Waals surface area contributed by atoms with Gasteiger partial charge in [0.15, 0.2) is 0 Å². The molecule has 2 aromatic rings. The second kappa shape index (κ2) is 14.2. The molecule has 33 heavy (non-hydrogen) atoms. The molecular weight excluding hydrogens is 458 g/mol. The van der Waals surface area contributed by atoms with E-state index in [1.807, 2.05) is 36.2 Å². The highest BCUT2D eigenvalue weighted by molar-refractivity contribution is 7.99. The van der Waals surface area contributed by atoms with Crippen molar-refractivity contribution in [1.29, 1.82) is 0 Å². The van der Waals surface area contributed by atoms with Crippen LogP contribution in [0, 0.1) is 5.82 Å². The van der Waals surface area contributed by atoms with Gasteiger partial charge in [0, 0.05) is 17.6 Å². The Labute approximate surface area is 201 Å². The van der Waals surface area contributed by atoms with Crippen molar-refractivity contribution in [3.8, 4) is 0 Å². The summed E-state index contributed by atoms with van der Waals surface area (Å²) in [5, 5.41) is 3.26. The summed E-state index contributed by atoms with van der Waals surface area (Å²) < 4.78 is 28.5. The number of pyridine rings is 1. The Bertz CT molecular complexity index is 846. The number of unbranched alkanes of at least 4 members (excludes halogenated alkanes) is 1. The van der Waals surface area contributed by atoms with Crippen molar-refractivity contribution in [1.82, 2.24) is 10.3 Å². The third kappa shape index (κ3) is 9.14. The van der Waals surface area contributed by atoms with Crippen molar-refractivity contribution in [2.45, 2.75) is 74.6 Å². The smallest absolute Gasteiger partial charge is 0.316 e. The largest absolute Gasteiger partial charge is 0.326 e. The number of halogens is 1. The van der Waals surface area contributed by atoms with Crippen LogP contribution in [0.2, 0.25) is 0 Å². The molecule has 3 rings (SSSR count). The first-order valence-corrected chi connectivity index (χ1v) is 14.2. The van der Waals surface area contributed by atoms with Crippen LogP contribution in [0.4, 0.5) is 4.39 Å². The maximum Gasteiger partial charge on any atom is 0.316 e. The molecule has 182 valence electrons. The predicted octanol–water partition coefficient (Wildman–Crippen LogP) is 6.26. The fourth-order valence-electron chi connectivity index (χ4n) is 4.64. The molecule has 1 unspecified atom stereocenters. The van der Waals surface area contributed by atoms with Crippen LogP contribution >= 0.6 is 20.0 Å². The summed E-state index contributed by atoms with van der Waals surface area (Å²) in [4.78, 5) is 14.3. The van der Waals surface area contributed by atoms with Crippen LogP contribution in [-0.4, -0.2) is 28.8 Å². The molecule has 0 radical (unpaired) electrons. The standard InChI is InChI=1S/C25H36FN2O3PS/c26-22-9-7-21(8-10-22)25(13-2-1-3-14-25)15-4-5-18-33-24-12-11-23(28-20-24)19-27-16-6-17-31-32(29)30/h7-12,20,27,32H,1-6,13-19H2,(H,29,30). The summed E-state index contributed by atoms with van der Waals surface area (Å²) in [5.74, 6) is 0.927. The average molecular weight is 495 g/mol. The topological polar surface area (TPSA) is 71.5 Å². The van der Waals surface area contributed by atoms with E-state index in [9.17, 15) is 8.96 Å². The molecule has 8 heteroatoms. The molecule has 0 saturated heterocycles. The van der Waals surface area contributed by atoms with E-state index in [4.69, 9.17) is 4.89 Å². The number of aromatic nitrogens is 1. The van der Waals surface area contributed by atoms with Crippen LogP contribution in [0.25, 0.3) is 0 Å². The highest BCUT2D eigenvalue weighted by atomic mass is 32.2. The van der Waals surface area contributed by atoms with Crippen LogP contribution < -0.4 is 5.32 Å². The Kier molecular flexibility index (Phi) is 11.4. The van der Waals surface area contributed by atoms with Gasteiger partial charge in [-0.3, -0.25) is 9.55 Å². The highest BCUT2D eigenvalue weighted by Gasteiger charge is 2.33. The Morgan fingerprint density at radius 2 is 1.88 bits per heavy atom. The zero-order valence-electron chi connectivity index (χ0n) is 19.2. The fourth-order valence-corrected chi connectivity index (χ4v) is 5.84. The van der Waals surface area contributed by atoms with Crippen molar-refractivity contribution >= 4 is 20.0 Å². The maximum atomic E-state index is 13.4. The monoisotopic (exact) mass is 494 g/mol. The lowest BCUT2D eigenvalue weighted by atomic mass is 9.67. The zero-order chi connectivity index (χ0) is 23.4. The fraction of sp³-hybridized carbons (Fsp3) is 0.560. The third-order valence-electron chi connectivity index (χ3n) is 6.41. The minimum atomic E-state index is -2.82. The lowest BCUT2D eigenvalue weighted by Gasteiger charge is -2.38. The molecule has 0 bridgehead atoms. The number of thioether (sulfide) groups is 1. The van der Waals surface area contributed by atoms with E-state index in [-0.39, 0.29) is 17.8 Å². The van der Waals surface area contributed by atoms with Crippen molar-refractivity contribution in [2.24, 2.45) is 0 Å². The molecule has 1 saturated carbocycles. The summed E-state index contributed by atoms with van der Waals surface area (Å²) in [5.41, 5.74) is 2.53. The van der Waals surface area contributed by atoms with Crippen LogP contribution in [-0.2, 0) is 21.0 Å². The van der Waals surface area contributed by atoms with Gasteiger partial charge in [-0.2, -0.15) is 0 Å². The van der Waals surface area contributed by atoms with E-state index in [1.165, 1.54) is 61.8 Å². The molecule has 0 amide bonds. The van der Waals surface area contributed by atoms with E-state index in [1.54, 1.807) is 12.1 Å². The SMILES string of the molecule is O=[PH](O)OCCCNCc1ccc(SCCCCC2(c3ccc(F)cc3)CCCCC2)cn1. The Morgan fingerprint density at radius 3 is 2.58 bits per heavy atom. The molecular formula is C25H36FN2O3PS. The van der Waals surface area contributed by atoms with Crippen LogP contribution in [0.3, 0.4) is 0 Å². The molecule has 1 heterocycles.